The summed E-state index contributed by atoms with van der Waals surface area (Å²) in [5, 5.41) is 3.09. The van der Waals surface area contributed by atoms with Gasteiger partial charge in [0, 0.05) is 26.3 Å². The largest absolute Gasteiger partial charge is 0.372 e. The maximum absolute atomic E-state index is 12.3. The third-order valence-electron chi connectivity index (χ3n) is 2.52. The molecule has 5 nitrogen and oxygen atoms in total. The van der Waals surface area contributed by atoms with Crippen LogP contribution < -0.4 is 5.32 Å². The highest BCUT2D eigenvalue weighted by atomic mass is 35.5. The Morgan fingerprint density at radius 1 is 1.44 bits per heavy atom. The minimum atomic E-state index is -3.50. The van der Waals surface area contributed by atoms with Gasteiger partial charge in [0.15, 0.2) is 0 Å². The zero-order valence-electron chi connectivity index (χ0n) is 10.8. The molecule has 1 N–H and O–H groups in total. The normalized spacial score (nSPS) is 11.8. The van der Waals surface area contributed by atoms with Crippen LogP contribution in [-0.4, -0.2) is 37.8 Å². The molecule has 18 heavy (non-hydrogen) atoms. The molecule has 1 heterocycles. The summed E-state index contributed by atoms with van der Waals surface area (Å²) in [6.07, 6.45) is 2.09. The lowest BCUT2D eigenvalue weighted by Gasteiger charge is -2.19. The van der Waals surface area contributed by atoms with Crippen LogP contribution in [0.1, 0.15) is 20.3 Å². The van der Waals surface area contributed by atoms with E-state index in [-0.39, 0.29) is 4.90 Å². The Morgan fingerprint density at radius 3 is 2.56 bits per heavy atom. The molecular formula is C11H18ClN3O2S. The Bertz CT molecular complexity index is 505. The fourth-order valence-corrected chi connectivity index (χ4v) is 3.43. The summed E-state index contributed by atoms with van der Waals surface area (Å²) in [6.45, 7) is 4.67. The molecule has 1 rings (SSSR count). The molecule has 0 aliphatic heterocycles. The van der Waals surface area contributed by atoms with Gasteiger partial charge in [-0.15, -0.1) is 0 Å². The van der Waals surface area contributed by atoms with Crippen LogP contribution in [0.25, 0.3) is 0 Å². The summed E-state index contributed by atoms with van der Waals surface area (Å²) in [5.74, 6) is 0.467. The second-order valence-electron chi connectivity index (χ2n) is 3.75. The van der Waals surface area contributed by atoms with Crippen LogP contribution in [0.5, 0.6) is 0 Å². The first-order chi connectivity index (χ1) is 8.47. The van der Waals surface area contributed by atoms with Gasteiger partial charge in [0.1, 0.15) is 10.7 Å². The van der Waals surface area contributed by atoms with Gasteiger partial charge in [-0.1, -0.05) is 25.4 Å². The molecule has 0 spiro atoms. The predicted octanol–water partition coefficient (Wildman–Crippen LogP) is 2.20. The van der Waals surface area contributed by atoms with E-state index < -0.39 is 10.0 Å². The monoisotopic (exact) mass is 291 g/mol. The Balaban J connectivity index is 3.15. The summed E-state index contributed by atoms with van der Waals surface area (Å²) >= 11 is 5.95. The minimum absolute atomic E-state index is 0.127. The number of nitrogens with zero attached hydrogens (tertiary/aromatic N) is 2. The Kier molecular flexibility index (Phi) is 5.37. The van der Waals surface area contributed by atoms with Crippen molar-refractivity contribution in [2.45, 2.75) is 25.2 Å². The van der Waals surface area contributed by atoms with E-state index in [4.69, 9.17) is 11.6 Å². The van der Waals surface area contributed by atoms with Crippen LogP contribution in [-0.2, 0) is 10.0 Å². The first-order valence-electron chi connectivity index (χ1n) is 5.80. The van der Waals surface area contributed by atoms with E-state index in [1.807, 2.05) is 13.8 Å². The van der Waals surface area contributed by atoms with E-state index >= 15 is 0 Å². The van der Waals surface area contributed by atoms with Crippen molar-refractivity contribution in [3.8, 4) is 0 Å². The summed E-state index contributed by atoms with van der Waals surface area (Å²) in [4.78, 5) is 4.12. The SMILES string of the molecule is CCCN(CC)S(=O)(=O)c1cnc(NC)c(Cl)c1. The van der Waals surface area contributed by atoms with Crippen LogP contribution in [0, 0.1) is 0 Å². The van der Waals surface area contributed by atoms with Gasteiger partial charge in [0.25, 0.3) is 0 Å². The molecular weight excluding hydrogens is 274 g/mol. The summed E-state index contributed by atoms with van der Waals surface area (Å²) in [6, 6.07) is 1.42. The van der Waals surface area contributed by atoms with Gasteiger partial charge in [-0.3, -0.25) is 0 Å². The number of nitrogens with one attached hydrogen (secondary N) is 1. The van der Waals surface area contributed by atoms with Crippen molar-refractivity contribution in [3.05, 3.63) is 17.3 Å². The summed E-state index contributed by atoms with van der Waals surface area (Å²) < 4.78 is 26.0. The highest BCUT2D eigenvalue weighted by Gasteiger charge is 2.23. The van der Waals surface area contributed by atoms with Crippen LogP contribution in [0.4, 0.5) is 5.82 Å². The lowest BCUT2D eigenvalue weighted by atomic mass is 10.4. The van der Waals surface area contributed by atoms with Crippen LogP contribution in [0.2, 0.25) is 5.02 Å². The number of anilines is 1. The number of aromatic nitrogens is 1. The fourth-order valence-electron chi connectivity index (χ4n) is 1.59. The molecule has 0 saturated carbocycles. The average Bonchev–Trinajstić information content (AvgIpc) is 2.35. The van der Waals surface area contributed by atoms with Gasteiger partial charge < -0.3 is 5.32 Å². The van der Waals surface area contributed by atoms with Crippen molar-refractivity contribution in [2.24, 2.45) is 0 Å². The number of hydrogen-bond donors (Lipinski definition) is 1. The minimum Gasteiger partial charge on any atom is -0.372 e. The van der Waals surface area contributed by atoms with E-state index in [0.717, 1.165) is 6.42 Å². The third kappa shape index (κ3) is 3.13. The smallest absolute Gasteiger partial charge is 0.244 e. The molecule has 0 aliphatic rings. The van der Waals surface area contributed by atoms with Crippen molar-refractivity contribution in [1.29, 1.82) is 0 Å². The van der Waals surface area contributed by atoms with Crippen molar-refractivity contribution < 1.29 is 8.42 Å². The lowest BCUT2D eigenvalue weighted by Crippen LogP contribution is -2.31. The zero-order valence-corrected chi connectivity index (χ0v) is 12.3. The molecule has 0 radical (unpaired) electrons. The molecule has 0 aromatic carbocycles. The molecule has 0 fully saturated rings. The van der Waals surface area contributed by atoms with E-state index in [9.17, 15) is 8.42 Å². The Hall–Kier alpha value is -0.850. The van der Waals surface area contributed by atoms with Gasteiger partial charge >= 0.3 is 0 Å². The van der Waals surface area contributed by atoms with Crippen LogP contribution >= 0.6 is 11.6 Å². The Morgan fingerprint density at radius 2 is 2.11 bits per heavy atom. The van der Waals surface area contributed by atoms with Crippen molar-refractivity contribution >= 4 is 27.4 Å². The van der Waals surface area contributed by atoms with Crippen molar-refractivity contribution in [2.75, 3.05) is 25.5 Å². The van der Waals surface area contributed by atoms with Gasteiger partial charge in [-0.25, -0.2) is 13.4 Å². The quantitative estimate of drug-likeness (QED) is 0.873. The van der Waals surface area contributed by atoms with Crippen molar-refractivity contribution in [1.82, 2.24) is 9.29 Å². The van der Waals surface area contributed by atoms with Crippen LogP contribution in [0.3, 0.4) is 0 Å². The second-order valence-corrected chi connectivity index (χ2v) is 6.09. The Labute approximate surface area is 113 Å². The van der Waals surface area contributed by atoms with Crippen molar-refractivity contribution in [3.63, 3.8) is 0 Å². The number of halogens is 1. The van der Waals surface area contributed by atoms with Crippen LogP contribution in [0.15, 0.2) is 17.2 Å². The molecule has 102 valence electrons. The molecule has 0 unspecified atom stereocenters. The standard InChI is InChI=1S/C11H18ClN3O2S/c1-4-6-15(5-2)18(16,17)9-7-10(12)11(13-3)14-8-9/h7-8H,4-6H2,1-3H3,(H,13,14). The lowest BCUT2D eigenvalue weighted by molar-refractivity contribution is 0.427. The molecule has 1 aromatic heterocycles. The number of sulfonamides is 1. The molecule has 0 atom stereocenters. The maximum atomic E-state index is 12.3. The molecule has 7 heteroatoms. The first-order valence-corrected chi connectivity index (χ1v) is 7.62. The summed E-state index contributed by atoms with van der Waals surface area (Å²) in [7, 11) is -1.82. The molecule has 0 amide bonds. The topological polar surface area (TPSA) is 62.3 Å². The molecule has 0 saturated heterocycles. The van der Waals surface area contributed by atoms with E-state index in [0.29, 0.717) is 23.9 Å². The van der Waals surface area contributed by atoms with Gasteiger partial charge in [-0.05, 0) is 12.5 Å². The molecule has 1 aromatic rings. The fraction of sp³-hybridized carbons (Fsp3) is 0.545. The third-order valence-corrected chi connectivity index (χ3v) is 4.74. The highest BCUT2D eigenvalue weighted by Crippen LogP contribution is 2.24. The first kappa shape index (κ1) is 15.2. The number of hydrogen-bond acceptors (Lipinski definition) is 4. The predicted molar refractivity (Wildman–Crippen MR) is 73.5 cm³/mol. The van der Waals surface area contributed by atoms with Gasteiger partial charge in [-0.2, -0.15) is 4.31 Å². The van der Waals surface area contributed by atoms with E-state index in [1.165, 1.54) is 16.6 Å². The van der Waals surface area contributed by atoms with E-state index in [1.54, 1.807) is 7.05 Å². The summed E-state index contributed by atoms with van der Waals surface area (Å²) in [5.41, 5.74) is 0. The molecule has 0 aliphatic carbocycles. The van der Waals surface area contributed by atoms with E-state index in [2.05, 4.69) is 10.3 Å². The second kappa shape index (κ2) is 6.36. The zero-order chi connectivity index (χ0) is 13.8. The van der Waals surface area contributed by atoms with Gasteiger partial charge in [0.05, 0.1) is 5.02 Å². The number of pyridine rings is 1. The number of rotatable bonds is 6. The molecule has 0 bridgehead atoms. The maximum Gasteiger partial charge on any atom is 0.244 e. The average molecular weight is 292 g/mol. The highest BCUT2D eigenvalue weighted by molar-refractivity contribution is 7.89. The van der Waals surface area contributed by atoms with Gasteiger partial charge in [0.2, 0.25) is 10.0 Å².